The summed E-state index contributed by atoms with van der Waals surface area (Å²) in [5, 5.41) is 24.0. The Labute approximate surface area is 219 Å². The van der Waals surface area contributed by atoms with Crippen molar-refractivity contribution in [1.29, 1.82) is 0 Å². The maximum atomic E-state index is 14.3. The summed E-state index contributed by atoms with van der Waals surface area (Å²) in [4.78, 5) is 43.7. The number of carbonyl (C=O) groups is 3. The number of carbonyl (C=O) groups excluding carboxylic acids is 1. The van der Waals surface area contributed by atoms with Gasteiger partial charge in [-0.1, -0.05) is 63.5 Å². The Morgan fingerprint density at radius 2 is 1.69 bits per heavy atom. The van der Waals surface area contributed by atoms with Crippen LogP contribution < -0.4 is 10.4 Å². The second-order valence-corrected chi connectivity index (χ2v) is 12.1. The molecule has 11 heteroatoms. The van der Waals surface area contributed by atoms with E-state index in [-0.39, 0.29) is 6.54 Å². The molecule has 0 aliphatic carbocycles. The number of hydrazine groups is 2. The lowest BCUT2D eigenvalue weighted by Crippen LogP contribution is -2.79. The number of anilines is 1. The molecule has 1 aromatic carbocycles. The van der Waals surface area contributed by atoms with E-state index in [1.54, 1.807) is 33.9 Å². The first kappa shape index (κ1) is 27.5. The second-order valence-electron chi connectivity index (χ2n) is 11.2. The van der Waals surface area contributed by atoms with Crippen molar-refractivity contribution in [2.75, 3.05) is 18.6 Å². The maximum Gasteiger partial charge on any atom is 0.427 e. The van der Waals surface area contributed by atoms with Crippen LogP contribution in [0, 0.1) is 16.7 Å². The Morgan fingerprint density at radius 3 is 2.22 bits per heavy atom. The van der Waals surface area contributed by atoms with Crippen LogP contribution in [-0.4, -0.2) is 62.4 Å². The van der Waals surface area contributed by atoms with Crippen molar-refractivity contribution in [3.8, 4) is 0 Å². The average Bonchev–Trinajstić information content (AvgIpc) is 2.75. The smallest absolute Gasteiger partial charge is 0.427 e. The van der Waals surface area contributed by atoms with E-state index in [1.807, 2.05) is 45.0 Å². The first-order valence-corrected chi connectivity index (χ1v) is 12.5. The van der Waals surface area contributed by atoms with Gasteiger partial charge in [0.05, 0.1) is 5.52 Å². The second kappa shape index (κ2) is 9.42. The zero-order valence-corrected chi connectivity index (χ0v) is 23.3. The predicted octanol–water partition coefficient (Wildman–Crippen LogP) is 5.19. The molecular formula is C25H34BrN5O5. The van der Waals surface area contributed by atoms with Crippen LogP contribution in [0.5, 0.6) is 0 Å². The third kappa shape index (κ3) is 4.68. The molecule has 0 radical (unpaired) electrons. The van der Waals surface area contributed by atoms with Crippen molar-refractivity contribution in [2.24, 2.45) is 16.7 Å². The molecule has 2 aromatic rings. The molecule has 1 unspecified atom stereocenters. The Bertz CT molecular complexity index is 1190. The Kier molecular flexibility index (Phi) is 7.20. The van der Waals surface area contributed by atoms with E-state index in [0.29, 0.717) is 17.8 Å². The number of nitrogens with zero attached hydrogens (tertiary/aromatic N) is 4. The molecule has 10 nitrogen and oxygen atoms in total. The third-order valence-corrected chi connectivity index (χ3v) is 7.39. The van der Waals surface area contributed by atoms with Gasteiger partial charge >= 0.3 is 12.2 Å². The standard InChI is InChI=1S/C25H34BrN5O5/c1-23(2,3)18-12-13-30(21(33)34)31(22(35)36)25(18,24(4,5)6)20(32)28-29(7)19-11-9-15-8-10-16(26)14-17(15)27-19/h8-11,14,18H,12-13H2,1-7H3,(H,28,32)(H,33,34)(H,35,36)/t18?,25-/m1/s1. The predicted molar refractivity (Wildman–Crippen MR) is 140 cm³/mol. The molecule has 0 saturated carbocycles. The number of carboxylic acid groups (broad SMARTS) is 2. The number of halogens is 1. The summed E-state index contributed by atoms with van der Waals surface area (Å²) in [6.45, 7) is 11.1. The van der Waals surface area contributed by atoms with Crippen LogP contribution in [0.15, 0.2) is 34.8 Å². The summed E-state index contributed by atoms with van der Waals surface area (Å²) >= 11 is 3.44. The number of aromatic nitrogens is 1. The van der Waals surface area contributed by atoms with Gasteiger partial charge in [0, 0.05) is 29.4 Å². The summed E-state index contributed by atoms with van der Waals surface area (Å²) in [6, 6.07) is 9.32. The lowest BCUT2D eigenvalue weighted by molar-refractivity contribution is -0.196. The van der Waals surface area contributed by atoms with Gasteiger partial charge in [0.2, 0.25) is 0 Å². The van der Waals surface area contributed by atoms with Crippen LogP contribution in [-0.2, 0) is 4.79 Å². The SMILES string of the molecule is CN(NC(=O)[C@@]1(C(C)(C)C)C(C(C)(C)C)CCN(C(=O)O)N1C(=O)O)c1ccc2ccc(Br)cc2n1. The van der Waals surface area contributed by atoms with Gasteiger partial charge < -0.3 is 10.2 Å². The van der Waals surface area contributed by atoms with Crippen LogP contribution in [0.3, 0.4) is 0 Å². The van der Waals surface area contributed by atoms with E-state index < -0.39 is 40.4 Å². The molecule has 1 aliphatic rings. The molecule has 3 rings (SSSR count). The monoisotopic (exact) mass is 563 g/mol. The summed E-state index contributed by atoms with van der Waals surface area (Å²) in [6.07, 6.45) is -2.62. The fourth-order valence-electron chi connectivity index (χ4n) is 5.39. The molecule has 196 valence electrons. The minimum Gasteiger partial charge on any atom is -0.464 e. The van der Waals surface area contributed by atoms with Crippen LogP contribution in [0.2, 0.25) is 0 Å². The maximum absolute atomic E-state index is 14.3. The van der Waals surface area contributed by atoms with Crippen molar-refractivity contribution in [1.82, 2.24) is 20.4 Å². The van der Waals surface area contributed by atoms with Crippen molar-refractivity contribution in [2.45, 2.75) is 53.5 Å². The van der Waals surface area contributed by atoms with Crippen LogP contribution in [0.4, 0.5) is 15.4 Å². The highest BCUT2D eigenvalue weighted by Crippen LogP contribution is 2.53. The molecule has 2 atom stereocenters. The zero-order chi connectivity index (χ0) is 27.2. The number of nitrogens with one attached hydrogen (secondary N) is 1. The van der Waals surface area contributed by atoms with E-state index in [4.69, 9.17) is 0 Å². The van der Waals surface area contributed by atoms with Gasteiger partial charge in [0.25, 0.3) is 5.91 Å². The van der Waals surface area contributed by atoms with Crippen molar-refractivity contribution >= 4 is 50.7 Å². The third-order valence-electron chi connectivity index (χ3n) is 6.90. The topological polar surface area (TPSA) is 126 Å². The first-order valence-electron chi connectivity index (χ1n) is 11.7. The highest BCUT2D eigenvalue weighted by atomic mass is 79.9. The van der Waals surface area contributed by atoms with E-state index >= 15 is 0 Å². The largest absolute Gasteiger partial charge is 0.464 e. The number of benzene rings is 1. The molecule has 36 heavy (non-hydrogen) atoms. The van der Waals surface area contributed by atoms with Gasteiger partial charge in [0.15, 0.2) is 5.54 Å². The molecule has 3 N–H and O–H groups in total. The minimum absolute atomic E-state index is 0.0361. The fourth-order valence-corrected chi connectivity index (χ4v) is 5.74. The molecule has 3 amide bonds. The molecule has 0 bridgehead atoms. The highest BCUT2D eigenvalue weighted by Gasteiger charge is 2.66. The summed E-state index contributed by atoms with van der Waals surface area (Å²) in [5.74, 6) is -0.675. The Balaban J connectivity index is 2.15. The quantitative estimate of drug-likeness (QED) is 0.438. The normalized spacial score (nSPS) is 20.8. The molecule has 1 fully saturated rings. The molecule has 0 spiro atoms. The van der Waals surface area contributed by atoms with Crippen LogP contribution >= 0.6 is 15.9 Å². The highest BCUT2D eigenvalue weighted by molar-refractivity contribution is 9.10. The van der Waals surface area contributed by atoms with E-state index in [2.05, 4.69) is 26.3 Å². The lowest BCUT2D eigenvalue weighted by atomic mass is 9.56. The molecule has 2 heterocycles. The molecule has 1 saturated heterocycles. The summed E-state index contributed by atoms with van der Waals surface area (Å²) in [5.41, 5.74) is 0.297. The number of pyridine rings is 1. The number of hydrogen-bond acceptors (Lipinski definition) is 5. The number of fused-ring (bicyclic) bond motifs is 1. The van der Waals surface area contributed by atoms with Gasteiger partial charge in [0.1, 0.15) is 5.82 Å². The molecule has 1 aromatic heterocycles. The Hall–Kier alpha value is -3.08. The van der Waals surface area contributed by atoms with Crippen molar-refractivity contribution in [3.05, 3.63) is 34.8 Å². The average molecular weight is 564 g/mol. The van der Waals surface area contributed by atoms with Gasteiger partial charge in [-0.25, -0.2) is 19.6 Å². The van der Waals surface area contributed by atoms with Crippen LogP contribution in [0.25, 0.3) is 10.9 Å². The number of amides is 3. The first-order chi connectivity index (χ1) is 16.5. The van der Waals surface area contributed by atoms with Gasteiger partial charge in [-0.3, -0.25) is 15.2 Å². The van der Waals surface area contributed by atoms with Crippen LogP contribution in [0.1, 0.15) is 48.0 Å². The van der Waals surface area contributed by atoms with Crippen molar-refractivity contribution in [3.63, 3.8) is 0 Å². The number of hydrogen-bond donors (Lipinski definition) is 3. The lowest BCUT2D eigenvalue weighted by Gasteiger charge is -2.61. The van der Waals surface area contributed by atoms with Gasteiger partial charge in [-0.05, 0) is 41.5 Å². The van der Waals surface area contributed by atoms with E-state index in [1.165, 1.54) is 5.01 Å². The van der Waals surface area contributed by atoms with Crippen molar-refractivity contribution < 1.29 is 24.6 Å². The van der Waals surface area contributed by atoms with E-state index in [9.17, 15) is 24.6 Å². The zero-order valence-electron chi connectivity index (χ0n) is 21.7. The summed E-state index contributed by atoms with van der Waals surface area (Å²) < 4.78 is 0.860. The minimum atomic E-state index is -1.75. The van der Waals surface area contributed by atoms with Gasteiger partial charge in [-0.15, -0.1) is 0 Å². The van der Waals surface area contributed by atoms with E-state index in [0.717, 1.165) is 19.9 Å². The van der Waals surface area contributed by atoms with Gasteiger partial charge in [-0.2, -0.15) is 5.01 Å². The molecule has 1 aliphatic heterocycles. The number of rotatable bonds is 3. The fraction of sp³-hybridized carbons (Fsp3) is 0.520. The Morgan fingerprint density at radius 1 is 1.08 bits per heavy atom. The molecular weight excluding hydrogens is 530 g/mol. The summed E-state index contributed by atoms with van der Waals surface area (Å²) in [7, 11) is 1.62.